The van der Waals surface area contributed by atoms with Crippen molar-refractivity contribution in [1.82, 2.24) is 0 Å². The summed E-state index contributed by atoms with van der Waals surface area (Å²) in [5.74, 6) is -0.376. The molecule has 0 radical (unpaired) electrons. The number of para-hydroxylation sites is 1. The minimum absolute atomic E-state index is 0.376. The van der Waals surface area contributed by atoms with E-state index in [-0.39, 0.29) is 5.91 Å². The lowest BCUT2D eigenvalue weighted by atomic mass is 9.96. The molecule has 2 N–H and O–H groups in total. The molecule has 0 bridgehead atoms. The number of nitrogens with one attached hydrogen (secondary N) is 1. The molecule has 3 nitrogen and oxygen atoms in total. The van der Waals surface area contributed by atoms with Gasteiger partial charge in [0, 0.05) is 9.26 Å². The van der Waals surface area contributed by atoms with E-state index >= 15 is 0 Å². The molecule has 2 rings (SSSR count). The fourth-order valence-corrected chi connectivity index (χ4v) is 2.30. The molecule has 0 aliphatic heterocycles. The fraction of sp³-hybridized carbons (Fsp3) is 0.235. The number of hydrogen-bond acceptors (Lipinski definition) is 2. The van der Waals surface area contributed by atoms with Crippen LogP contribution in [0.3, 0.4) is 0 Å². The maximum Gasteiger partial charge on any atom is 0.256 e. The monoisotopic (exact) mass is 395 g/mol. The Morgan fingerprint density at radius 2 is 1.76 bits per heavy atom. The Morgan fingerprint density at radius 3 is 2.38 bits per heavy atom. The third kappa shape index (κ3) is 4.82. The van der Waals surface area contributed by atoms with Gasteiger partial charge in [-0.05, 0) is 72.2 Å². The molecule has 4 heteroatoms. The highest BCUT2D eigenvalue weighted by atomic mass is 127. The Bertz CT molecular complexity index is 594. The summed E-state index contributed by atoms with van der Waals surface area (Å²) in [6.45, 7) is 1.55. The predicted octanol–water partition coefficient (Wildman–Crippen LogP) is 3.61. The minimum atomic E-state index is -1.39. The zero-order valence-corrected chi connectivity index (χ0v) is 14.0. The number of anilines is 1. The third-order valence-electron chi connectivity index (χ3n) is 3.33. The lowest BCUT2D eigenvalue weighted by Gasteiger charge is -2.22. The van der Waals surface area contributed by atoms with E-state index in [2.05, 4.69) is 27.9 Å². The predicted molar refractivity (Wildman–Crippen MR) is 93.2 cm³/mol. The summed E-state index contributed by atoms with van der Waals surface area (Å²) in [5.41, 5.74) is 0.416. The Labute approximate surface area is 138 Å². The van der Waals surface area contributed by atoms with Crippen molar-refractivity contribution in [2.45, 2.75) is 25.4 Å². The zero-order chi connectivity index (χ0) is 15.3. The van der Waals surface area contributed by atoms with E-state index in [4.69, 9.17) is 0 Å². The first-order chi connectivity index (χ1) is 9.97. The van der Waals surface area contributed by atoms with Crippen molar-refractivity contribution in [3.63, 3.8) is 0 Å². The van der Waals surface area contributed by atoms with Crippen LogP contribution in [0.25, 0.3) is 0 Å². The molecule has 0 unspecified atom stereocenters. The molecule has 1 atom stereocenters. The number of carbonyl (C=O) groups excluding carboxylic acids is 1. The summed E-state index contributed by atoms with van der Waals surface area (Å²) in [5, 5.41) is 13.1. The van der Waals surface area contributed by atoms with E-state index in [9.17, 15) is 9.90 Å². The average Bonchev–Trinajstić information content (AvgIpc) is 2.48. The molecular formula is C17H18INO2. The maximum absolute atomic E-state index is 12.1. The zero-order valence-electron chi connectivity index (χ0n) is 11.8. The molecular weight excluding hydrogens is 377 g/mol. The first kappa shape index (κ1) is 16.0. The van der Waals surface area contributed by atoms with Gasteiger partial charge in [-0.2, -0.15) is 0 Å². The first-order valence-corrected chi connectivity index (χ1v) is 7.88. The van der Waals surface area contributed by atoms with Crippen LogP contribution in [-0.2, 0) is 11.2 Å². The molecule has 0 fully saturated rings. The molecule has 0 aliphatic carbocycles. The highest BCUT2D eigenvalue weighted by molar-refractivity contribution is 14.1. The van der Waals surface area contributed by atoms with Gasteiger partial charge >= 0.3 is 0 Å². The van der Waals surface area contributed by atoms with Crippen LogP contribution in [0.4, 0.5) is 5.69 Å². The second-order valence-corrected chi connectivity index (χ2v) is 6.47. The van der Waals surface area contributed by atoms with Crippen molar-refractivity contribution < 1.29 is 9.90 Å². The van der Waals surface area contributed by atoms with Gasteiger partial charge in [-0.15, -0.1) is 0 Å². The van der Waals surface area contributed by atoms with Gasteiger partial charge < -0.3 is 10.4 Å². The lowest BCUT2D eigenvalue weighted by molar-refractivity contribution is -0.132. The maximum atomic E-state index is 12.1. The molecule has 2 aromatic carbocycles. The van der Waals surface area contributed by atoms with Gasteiger partial charge in [-0.3, -0.25) is 4.79 Å². The minimum Gasteiger partial charge on any atom is -0.380 e. The highest BCUT2D eigenvalue weighted by Crippen LogP contribution is 2.18. The van der Waals surface area contributed by atoms with E-state index in [1.807, 2.05) is 42.5 Å². The van der Waals surface area contributed by atoms with Crippen molar-refractivity contribution in [3.05, 3.63) is 63.7 Å². The SMILES string of the molecule is C[C@](O)(CCc1ccc(I)cc1)C(=O)Nc1ccccc1. The van der Waals surface area contributed by atoms with Gasteiger partial charge in [0.05, 0.1) is 0 Å². The van der Waals surface area contributed by atoms with Gasteiger partial charge in [0.2, 0.25) is 0 Å². The van der Waals surface area contributed by atoms with E-state index in [0.29, 0.717) is 18.5 Å². The molecule has 0 aromatic heterocycles. The molecule has 110 valence electrons. The molecule has 0 heterocycles. The smallest absolute Gasteiger partial charge is 0.256 e. The number of aliphatic hydroxyl groups is 1. The van der Waals surface area contributed by atoms with Crippen LogP contribution in [0.2, 0.25) is 0 Å². The molecule has 0 saturated heterocycles. The average molecular weight is 395 g/mol. The third-order valence-corrected chi connectivity index (χ3v) is 4.05. The Balaban J connectivity index is 1.94. The van der Waals surface area contributed by atoms with E-state index in [1.54, 1.807) is 19.1 Å². The first-order valence-electron chi connectivity index (χ1n) is 6.81. The van der Waals surface area contributed by atoms with E-state index in [1.165, 1.54) is 3.57 Å². The molecule has 0 saturated carbocycles. The number of aryl methyl sites for hydroxylation is 1. The Hall–Kier alpha value is -1.40. The van der Waals surface area contributed by atoms with E-state index in [0.717, 1.165) is 5.56 Å². The number of amides is 1. The van der Waals surface area contributed by atoms with Gasteiger partial charge in [-0.25, -0.2) is 0 Å². The summed E-state index contributed by atoms with van der Waals surface area (Å²) in [6.07, 6.45) is 1.04. The van der Waals surface area contributed by atoms with Crippen LogP contribution in [0, 0.1) is 3.57 Å². The van der Waals surface area contributed by atoms with Crippen molar-refractivity contribution in [2.24, 2.45) is 0 Å². The topological polar surface area (TPSA) is 49.3 Å². The highest BCUT2D eigenvalue weighted by Gasteiger charge is 2.29. The summed E-state index contributed by atoms with van der Waals surface area (Å²) < 4.78 is 1.17. The molecule has 21 heavy (non-hydrogen) atoms. The number of hydrogen-bond donors (Lipinski definition) is 2. The van der Waals surface area contributed by atoms with Crippen molar-refractivity contribution in [1.29, 1.82) is 0 Å². The Kier molecular flexibility index (Phi) is 5.36. The van der Waals surface area contributed by atoms with Crippen molar-refractivity contribution in [3.8, 4) is 0 Å². The van der Waals surface area contributed by atoms with Gasteiger partial charge in [0.15, 0.2) is 0 Å². The second kappa shape index (κ2) is 7.04. The summed E-state index contributed by atoms with van der Waals surface area (Å²) in [4.78, 5) is 12.1. The number of benzene rings is 2. The molecule has 2 aromatic rings. The molecule has 1 amide bonds. The van der Waals surface area contributed by atoms with Gasteiger partial charge in [0.1, 0.15) is 5.60 Å². The van der Waals surface area contributed by atoms with Crippen LogP contribution in [0.1, 0.15) is 18.9 Å². The van der Waals surface area contributed by atoms with E-state index < -0.39 is 5.60 Å². The molecule has 0 spiro atoms. The van der Waals surface area contributed by atoms with Crippen molar-refractivity contribution >= 4 is 34.2 Å². The quantitative estimate of drug-likeness (QED) is 0.760. The lowest BCUT2D eigenvalue weighted by Crippen LogP contribution is -2.40. The van der Waals surface area contributed by atoms with Crippen LogP contribution in [0.15, 0.2) is 54.6 Å². The summed E-state index contributed by atoms with van der Waals surface area (Å²) >= 11 is 2.25. The Morgan fingerprint density at radius 1 is 1.14 bits per heavy atom. The van der Waals surface area contributed by atoms with Crippen LogP contribution in [-0.4, -0.2) is 16.6 Å². The largest absolute Gasteiger partial charge is 0.380 e. The summed E-state index contributed by atoms with van der Waals surface area (Å²) in [7, 11) is 0. The molecule has 0 aliphatic rings. The standard InChI is InChI=1S/C17H18INO2/c1-17(21,12-11-13-7-9-14(18)10-8-13)16(20)19-15-5-3-2-4-6-15/h2-10,21H,11-12H2,1H3,(H,19,20)/t17-/m0/s1. The fourth-order valence-electron chi connectivity index (χ4n) is 1.94. The number of carbonyl (C=O) groups is 1. The number of halogens is 1. The van der Waals surface area contributed by atoms with Gasteiger partial charge in [-0.1, -0.05) is 30.3 Å². The van der Waals surface area contributed by atoms with Crippen LogP contribution >= 0.6 is 22.6 Å². The van der Waals surface area contributed by atoms with Crippen LogP contribution < -0.4 is 5.32 Å². The normalized spacial score (nSPS) is 13.5. The number of rotatable bonds is 5. The second-order valence-electron chi connectivity index (χ2n) is 5.22. The summed E-state index contributed by atoms with van der Waals surface area (Å²) in [6, 6.07) is 17.2. The van der Waals surface area contributed by atoms with Crippen molar-refractivity contribution in [2.75, 3.05) is 5.32 Å². The van der Waals surface area contributed by atoms with Crippen LogP contribution in [0.5, 0.6) is 0 Å². The van der Waals surface area contributed by atoms with Gasteiger partial charge in [0.25, 0.3) is 5.91 Å².